The number of carbonyl (C=O) groups is 3. The molecule has 2 N–H and O–H groups in total. The quantitative estimate of drug-likeness (QED) is 0.707. The Kier molecular flexibility index (Phi) is 5.26. The lowest BCUT2D eigenvalue weighted by Crippen LogP contribution is -2.61. The number of thioether (sulfide) groups is 1. The molecule has 0 radical (unpaired) electrons. The molecular weight excluding hydrogens is 258 g/mol. The van der Waals surface area contributed by atoms with E-state index in [-0.39, 0.29) is 19.0 Å². The first-order valence-electron chi connectivity index (χ1n) is 5.47. The molecule has 3 amide bonds. The Balaban J connectivity index is 2.72. The fourth-order valence-electron chi connectivity index (χ4n) is 1.61. The first-order valence-corrected chi connectivity index (χ1v) is 6.87. The third kappa shape index (κ3) is 3.52. The van der Waals surface area contributed by atoms with Crippen molar-refractivity contribution >= 4 is 29.7 Å². The Morgan fingerprint density at radius 1 is 1.61 bits per heavy atom. The third-order valence-corrected chi connectivity index (χ3v) is 3.26. The van der Waals surface area contributed by atoms with Crippen LogP contribution >= 0.6 is 11.8 Å². The average molecular weight is 275 g/mol. The van der Waals surface area contributed by atoms with Gasteiger partial charge in [-0.15, -0.1) is 0 Å². The smallest absolute Gasteiger partial charge is 0.328 e. The van der Waals surface area contributed by atoms with Crippen molar-refractivity contribution in [1.82, 2.24) is 15.1 Å². The van der Waals surface area contributed by atoms with Crippen molar-refractivity contribution in [2.24, 2.45) is 0 Å². The Bertz CT molecular complexity index is 350. The number of hydrogen-bond donors (Lipinski definition) is 2. The van der Waals surface area contributed by atoms with Crippen molar-refractivity contribution in [3.8, 4) is 0 Å². The first-order chi connectivity index (χ1) is 8.47. The summed E-state index contributed by atoms with van der Waals surface area (Å²) in [6.07, 6.45) is 1.92. The molecule has 1 atom stereocenters. The van der Waals surface area contributed by atoms with Crippen LogP contribution in [0.1, 0.15) is 0 Å². The van der Waals surface area contributed by atoms with Crippen LogP contribution < -0.4 is 5.32 Å². The van der Waals surface area contributed by atoms with Gasteiger partial charge in [-0.25, -0.2) is 9.59 Å². The number of hydrogen-bond acceptors (Lipinski definition) is 4. The number of rotatable bonds is 4. The van der Waals surface area contributed by atoms with Gasteiger partial charge in [0.2, 0.25) is 5.91 Å². The maximum atomic E-state index is 12.1. The molecule has 0 bridgehead atoms. The Labute approximate surface area is 109 Å². The predicted molar refractivity (Wildman–Crippen MR) is 67.5 cm³/mol. The molecule has 102 valence electrons. The van der Waals surface area contributed by atoms with Crippen molar-refractivity contribution < 1.29 is 19.5 Å². The van der Waals surface area contributed by atoms with Gasteiger partial charge in [0.05, 0.1) is 0 Å². The highest BCUT2D eigenvalue weighted by Gasteiger charge is 2.36. The topological polar surface area (TPSA) is 90.0 Å². The van der Waals surface area contributed by atoms with E-state index in [0.717, 1.165) is 10.7 Å². The highest BCUT2D eigenvalue weighted by Crippen LogP contribution is 2.08. The van der Waals surface area contributed by atoms with Gasteiger partial charge in [0.1, 0.15) is 12.6 Å². The minimum absolute atomic E-state index is 0.0454. The van der Waals surface area contributed by atoms with Crippen LogP contribution in [0.2, 0.25) is 0 Å². The number of carboxylic acids is 1. The Hall–Kier alpha value is -1.44. The number of urea groups is 1. The zero-order chi connectivity index (χ0) is 13.7. The maximum Gasteiger partial charge on any atom is 0.328 e. The SMILES string of the molecule is CSCCN(C)C(=O)N1CC(=O)NCC1C(=O)O. The number of aliphatic carboxylic acids is 1. The summed E-state index contributed by atoms with van der Waals surface area (Å²) in [6.45, 7) is 0.264. The van der Waals surface area contributed by atoms with E-state index in [0.29, 0.717) is 6.54 Å². The van der Waals surface area contributed by atoms with Gasteiger partial charge in [-0.1, -0.05) is 0 Å². The normalized spacial score (nSPS) is 19.3. The van der Waals surface area contributed by atoms with Gasteiger partial charge in [0.25, 0.3) is 0 Å². The second-order valence-electron chi connectivity index (χ2n) is 3.98. The minimum atomic E-state index is -1.11. The van der Waals surface area contributed by atoms with Gasteiger partial charge in [-0.3, -0.25) is 9.69 Å². The van der Waals surface area contributed by atoms with E-state index < -0.39 is 18.0 Å². The number of carbonyl (C=O) groups excluding carboxylic acids is 2. The van der Waals surface area contributed by atoms with E-state index in [1.807, 2.05) is 6.26 Å². The van der Waals surface area contributed by atoms with Crippen molar-refractivity contribution in [3.63, 3.8) is 0 Å². The second kappa shape index (κ2) is 6.48. The molecule has 0 aromatic rings. The summed E-state index contributed by atoms with van der Waals surface area (Å²) in [7, 11) is 1.60. The number of piperazine rings is 1. The molecule has 0 saturated carbocycles. The molecule has 1 heterocycles. The van der Waals surface area contributed by atoms with E-state index in [1.165, 1.54) is 4.90 Å². The molecule has 1 fully saturated rings. The molecule has 18 heavy (non-hydrogen) atoms. The van der Waals surface area contributed by atoms with Crippen LogP contribution in [0.4, 0.5) is 4.79 Å². The van der Waals surface area contributed by atoms with E-state index in [1.54, 1.807) is 18.8 Å². The number of nitrogens with one attached hydrogen (secondary N) is 1. The molecule has 1 unspecified atom stereocenters. The summed E-state index contributed by atoms with van der Waals surface area (Å²) in [5.74, 6) is -0.680. The van der Waals surface area contributed by atoms with Gasteiger partial charge >= 0.3 is 12.0 Å². The van der Waals surface area contributed by atoms with Crippen LogP contribution in [0.25, 0.3) is 0 Å². The van der Waals surface area contributed by atoms with E-state index in [4.69, 9.17) is 5.11 Å². The molecule has 1 saturated heterocycles. The second-order valence-corrected chi connectivity index (χ2v) is 4.97. The average Bonchev–Trinajstić information content (AvgIpc) is 2.34. The molecule has 0 aromatic heterocycles. The summed E-state index contributed by atoms with van der Waals surface area (Å²) < 4.78 is 0. The van der Waals surface area contributed by atoms with Crippen LogP contribution in [-0.4, -0.2) is 77.5 Å². The van der Waals surface area contributed by atoms with Crippen LogP contribution in [0.5, 0.6) is 0 Å². The standard InChI is InChI=1S/C10H17N3O4S/c1-12(3-4-18-2)10(17)13-6-8(14)11-5-7(13)9(15)16/h7H,3-6H2,1-2H3,(H,11,14)(H,15,16). The maximum absolute atomic E-state index is 12.1. The lowest BCUT2D eigenvalue weighted by molar-refractivity contribution is -0.144. The third-order valence-electron chi connectivity index (χ3n) is 2.67. The Morgan fingerprint density at radius 2 is 2.28 bits per heavy atom. The van der Waals surface area contributed by atoms with E-state index in [2.05, 4.69) is 5.32 Å². The fourth-order valence-corrected chi connectivity index (χ4v) is 2.06. The summed E-state index contributed by atoms with van der Waals surface area (Å²) in [4.78, 5) is 36.9. The van der Waals surface area contributed by atoms with Crippen LogP contribution in [0.15, 0.2) is 0 Å². The van der Waals surface area contributed by atoms with Gasteiger partial charge in [0.15, 0.2) is 0 Å². The zero-order valence-electron chi connectivity index (χ0n) is 10.4. The molecule has 1 aliphatic heterocycles. The van der Waals surface area contributed by atoms with E-state index >= 15 is 0 Å². The summed E-state index contributed by atoms with van der Waals surface area (Å²) in [5, 5.41) is 11.5. The van der Waals surface area contributed by atoms with Crippen molar-refractivity contribution in [2.45, 2.75) is 6.04 Å². The van der Waals surface area contributed by atoms with Crippen molar-refractivity contribution in [1.29, 1.82) is 0 Å². The highest BCUT2D eigenvalue weighted by molar-refractivity contribution is 7.98. The molecule has 1 aliphatic rings. The van der Waals surface area contributed by atoms with Gasteiger partial charge < -0.3 is 15.3 Å². The van der Waals surface area contributed by atoms with Crippen molar-refractivity contribution in [2.75, 3.05) is 38.7 Å². The van der Waals surface area contributed by atoms with Crippen LogP contribution in [0.3, 0.4) is 0 Å². The molecule has 1 rings (SSSR count). The fraction of sp³-hybridized carbons (Fsp3) is 0.700. The number of carboxylic acid groups (broad SMARTS) is 1. The lowest BCUT2D eigenvalue weighted by Gasteiger charge is -2.35. The summed E-state index contributed by atoms with van der Waals surface area (Å²) in [6, 6.07) is -1.42. The van der Waals surface area contributed by atoms with Crippen LogP contribution in [-0.2, 0) is 9.59 Å². The zero-order valence-corrected chi connectivity index (χ0v) is 11.2. The predicted octanol–water partition coefficient (Wildman–Crippen LogP) is -0.714. The van der Waals surface area contributed by atoms with Gasteiger partial charge in [-0.2, -0.15) is 11.8 Å². The molecule has 0 spiro atoms. The minimum Gasteiger partial charge on any atom is -0.480 e. The van der Waals surface area contributed by atoms with Crippen LogP contribution in [0, 0.1) is 0 Å². The highest BCUT2D eigenvalue weighted by atomic mass is 32.2. The molecule has 8 heteroatoms. The lowest BCUT2D eigenvalue weighted by atomic mass is 10.2. The molecule has 0 aromatic carbocycles. The monoisotopic (exact) mass is 275 g/mol. The van der Waals surface area contributed by atoms with Gasteiger partial charge in [0, 0.05) is 25.9 Å². The molecule has 0 aliphatic carbocycles. The largest absolute Gasteiger partial charge is 0.480 e. The summed E-state index contributed by atoms with van der Waals surface area (Å²) >= 11 is 1.59. The molecular formula is C10H17N3O4S. The number of nitrogens with zero attached hydrogens (tertiary/aromatic N) is 2. The molecule has 7 nitrogen and oxygen atoms in total. The van der Waals surface area contributed by atoms with Crippen molar-refractivity contribution in [3.05, 3.63) is 0 Å². The first kappa shape index (κ1) is 14.6. The Morgan fingerprint density at radius 3 is 2.83 bits per heavy atom. The number of amides is 3. The van der Waals surface area contributed by atoms with E-state index in [9.17, 15) is 14.4 Å². The summed E-state index contributed by atoms with van der Waals surface area (Å²) in [5.41, 5.74) is 0. The van der Waals surface area contributed by atoms with Gasteiger partial charge in [-0.05, 0) is 6.26 Å².